The molecule has 0 unspecified atom stereocenters. The minimum atomic E-state index is -0.374. The number of hydrogen-bond acceptors (Lipinski definition) is 3. The average Bonchev–Trinajstić information content (AvgIpc) is 2.37. The molecular weight excluding hydrogens is 252 g/mol. The van der Waals surface area contributed by atoms with Crippen molar-refractivity contribution in [3.05, 3.63) is 45.5 Å². The van der Waals surface area contributed by atoms with Gasteiger partial charge < -0.3 is 5.32 Å². The van der Waals surface area contributed by atoms with E-state index in [0.29, 0.717) is 11.8 Å². The van der Waals surface area contributed by atoms with E-state index in [1.54, 1.807) is 24.3 Å². The van der Waals surface area contributed by atoms with E-state index < -0.39 is 0 Å². The molecular formula is C16H24N2O2. The minimum absolute atomic E-state index is 0.131. The molecule has 1 N–H and O–H groups in total. The summed E-state index contributed by atoms with van der Waals surface area (Å²) in [6.07, 6.45) is 2.11. The molecule has 1 rings (SSSR count). The molecule has 0 aliphatic heterocycles. The molecule has 1 aromatic carbocycles. The van der Waals surface area contributed by atoms with E-state index in [0.717, 1.165) is 18.7 Å². The molecule has 0 radical (unpaired) electrons. The van der Waals surface area contributed by atoms with Gasteiger partial charge in [-0.3, -0.25) is 10.1 Å². The third-order valence-electron chi connectivity index (χ3n) is 3.08. The highest BCUT2D eigenvalue weighted by atomic mass is 16.6. The second-order valence-corrected chi connectivity index (χ2v) is 5.75. The van der Waals surface area contributed by atoms with Gasteiger partial charge >= 0.3 is 0 Å². The van der Waals surface area contributed by atoms with Gasteiger partial charge in [0.05, 0.1) is 4.92 Å². The number of non-ortho nitro benzene ring substituents is 1. The van der Waals surface area contributed by atoms with E-state index in [-0.39, 0.29) is 10.6 Å². The Morgan fingerprint density at radius 2 is 1.85 bits per heavy atom. The standard InChI is InChI=1S/C16H24N2O2/c1-12(2)10-17-11-15(13(3)4)9-14-5-7-16(8-6-14)18(19)20/h5-9,12-13,17H,10-11H2,1-4H3. The summed E-state index contributed by atoms with van der Waals surface area (Å²) in [6.45, 7) is 10.5. The van der Waals surface area contributed by atoms with Crippen molar-refractivity contribution in [2.24, 2.45) is 11.8 Å². The zero-order valence-corrected chi connectivity index (χ0v) is 12.7. The van der Waals surface area contributed by atoms with Crippen LogP contribution in [0, 0.1) is 22.0 Å². The molecule has 0 fully saturated rings. The van der Waals surface area contributed by atoms with Crippen molar-refractivity contribution in [3.63, 3.8) is 0 Å². The number of rotatable bonds is 7. The fourth-order valence-electron chi connectivity index (χ4n) is 1.83. The molecule has 0 heterocycles. The molecule has 20 heavy (non-hydrogen) atoms. The Morgan fingerprint density at radius 1 is 1.25 bits per heavy atom. The number of nitro benzene ring substituents is 1. The maximum atomic E-state index is 10.6. The van der Waals surface area contributed by atoms with Gasteiger partial charge in [-0.15, -0.1) is 0 Å². The largest absolute Gasteiger partial charge is 0.313 e. The number of nitrogens with one attached hydrogen (secondary N) is 1. The third kappa shape index (κ3) is 5.53. The van der Waals surface area contributed by atoms with Gasteiger partial charge in [0.2, 0.25) is 0 Å². The fraction of sp³-hybridized carbons (Fsp3) is 0.500. The number of nitro groups is 1. The van der Waals surface area contributed by atoms with Crippen LogP contribution < -0.4 is 5.32 Å². The monoisotopic (exact) mass is 276 g/mol. The molecule has 0 saturated heterocycles. The van der Waals surface area contributed by atoms with Crippen molar-refractivity contribution in [1.82, 2.24) is 5.32 Å². The van der Waals surface area contributed by atoms with Gasteiger partial charge in [0.25, 0.3) is 5.69 Å². The first-order chi connectivity index (χ1) is 9.40. The minimum Gasteiger partial charge on any atom is -0.313 e. The molecule has 0 atom stereocenters. The van der Waals surface area contributed by atoms with Gasteiger partial charge in [0.1, 0.15) is 0 Å². The molecule has 0 saturated carbocycles. The van der Waals surface area contributed by atoms with Crippen LogP contribution in [0.1, 0.15) is 33.3 Å². The van der Waals surface area contributed by atoms with E-state index >= 15 is 0 Å². The predicted octanol–water partition coefficient (Wildman–Crippen LogP) is 3.88. The zero-order valence-electron chi connectivity index (χ0n) is 12.7. The van der Waals surface area contributed by atoms with Gasteiger partial charge in [-0.05, 0) is 36.1 Å². The lowest BCUT2D eigenvalue weighted by Crippen LogP contribution is -2.23. The third-order valence-corrected chi connectivity index (χ3v) is 3.08. The van der Waals surface area contributed by atoms with Gasteiger partial charge in [-0.25, -0.2) is 0 Å². The lowest BCUT2D eigenvalue weighted by Gasteiger charge is -2.14. The molecule has 0 amide bonds. The zero-order chi connectivity index (χ0) is 15.1. The van der Waals surface area contributed by atoms with Crippen molar-refractivity contribution in [1.29, 1.82) is 0 Å². The SMILES string of the molecule is CC(C)CNCC(=Cc1ccc([N+](=O)[O-])cc1)C(C)C. The first-order valence-corrected chi connectivity index (χ1v) is 7.05. The van der Waals surface area contributed by atoms with Crippen LogP contribution in [0.25, 0.3) is 6.08 Å². The van der Waals surface area contributed by atoms with Gasteiger partial charge in [0.15, 0.2) is 0 Å². The van der Waals surface area contributed by atoms with Gasteiger partial charge in [0, 0.05) is 18.7 Å². The Bertz CT molecular complexity index is 462. The van der Waals surface area contributed by atoms with Crippen LogP contribution in [-0.2, 0) is 0 Å². The Kier molecular flexibility index (Phi) is 6.39. The van der Waals surface area contributed by atoms with E-state index in [4.69, 9.17) is 0 Å². The average molecular weight is 276 g/mol. The smallest absolute Gasteiger partial charge is 0.269 e. The van der Waals surface area contributed by atoms with Crippen molar-refractivity contribution >= 4 is 11.8 Å². The van der Waals surface area contributed by atoms with Crippen LogP contribution >= 0.6 is 0 Å². The highest BCUT2D eigenvalue weighted by molar-refractivity contribution is 5.55. The van der Waals surface area contributed by atoms with E-state index in [9.17, 15) is 10.1 Å². The van der Waals surface area contributed by atoms with Crippen molar-refractivity contribution in [2.45, 2.75) is 27.7 Å². The summed E-state index contributed by atoms with van der Waals surface area (Å²) in [7, 11) is 0. The first kappa shape index (κ1) is 16.4. The molecule has 0 aliphatic rings. The van der Waals surface area contributed by atoms with E-state index in [1.807, 2.05) is 0 Å². The predicted molar refractivity (Wildman–Crippen MR) is 83.6 cm³/mol. The van der Waals surface area contributed by atoms with Crippen LogP contribution in [0.5, 0.6) is 0 Å². The molecule has 0 aliphatic carbocycles. The summed E-state index contributed by atoms with van der Waals surface area (Å²) >= 11 is 0. The molecule has 1 aromatic rings. The molecule has 0 aromatic heterocycles. The highest BCUT2D eigenvalue weighted by Gasteiger charge is 2.06. The van der Waals surface area contributed by atoms with Crippen LogP contribution in [-0.4, -0.2) is 18.0 Å². The normalized spacial score (nSPS) is 12.2. The summed E-state index contributed by atoms with van der Waals surface area (Å²) in [6, 6.07) is 6.68. The Morgan fingerprint density at radius 3 is 2.30 bits per heavy atom. The molecule has 110 valence electrons. The summed E-state index contributed by atoms with van der Waals surface area (Å²) < 4.78 is 0. The number of benzene rings is 1. The van der Waals surface area contributed by atoms with Gasteiger partial charge in [-0.1, -0.05) is 39.3 Å². The van der Waals surface area contributed by atoms with E-state index in [2.05, 4.69) is 39.1 Å². The quantitative estimate of drug-likeness (QED) is 0.607. The number of nitrogens with zero attached hydrogens (tertiary/aromatic N) is 1. The fourth-order valence-corrected chi connectivity index (χ4v) is 1.83. The summed E-state index contributed by atoms with van der Waals surface area (Å²) in [4.78, 5) is 10.3. The Labute approximate surface area is 121 Å². The van der Waals surface area contributed by atoms with Crippen molar-refractivity contribution in [3.8, 4) is 0 Å². The summed E-state index contributed by atoms with van der Waals surface area (Å²) in [5.74, 6) is 1.08. The topological polar surface area (TPSA) is 55.2 Å². The maximum absolute atomic E-state index is 10.6. The van der Waals surface area contributed by atoms with Gasteiger partial charge in [-0.2, -0.15) is 0 Å². The molecule has 0 bridgehead atoms. The number of hydrogen-bond donors (Lipinski definition) is 1. The summed E-state index contributed by atoms with van der Waals surface area (Å²) in [5.41, 5.74) is 2.44. The molecule has 4 nitrogen and oxygen atoms in total. The van der Waals surface area contributed by atoms with E-state index in [1.165, 1.54) is 5.57 Å². The van der Waals surface area contributed by atoms with Crippen LogP contribution in [0.2, 0.25) is 0 Å². The second kappa shape index (κ2) is 7.80. The van der Waals surface area contributed by atoms with Crippen LogP contribution in [0.3, 0.4) is 0 Å². The second-order valence-electron chi connectivity index (χ2n) is 5.75. The highest BCUT2D eigenvalue weighted by Crippen LogP contribution is 2.17. The molecule has 0 spiro atoms. The summed E-state index contributed by atoms with van der Waals surface area (Å²) in [5, 5.41) is 14.1. The van der Waals surface area contributed by atoms with Crippen molar-refractivity contribution in [2.75, 3.05) is 13.1 Å². The van der Waals surface area contributed by atoms with Crippen LogP contribution in [0.15, 0.2) is 29.8 Å². The maximum Gasteiger partial charge on any atom is 0.269 e. The lowest BCUT2D eigenvalue weighted by molar-refractivity contribution is -0.384. The van der Waals surface area contributed by atoms with Crippen LogP contribution in [0.4, 0.5) is 5.69 Å². The Hall–Kier alpha value is -1.68. The Balaban J connectivity index is 2.77. The van der Waals surface area contributed by atoms with Crippen molar-refractivity contribution < 1.29 is 4.92 Å². The lowest BCUT2D eigenvalue weighted by atomic mass is 10.00. The molecule has 4 heteroatoms. The first-order valence-electron chi connectivity index (χ1n) is 7.05.